The minimum Gasteiger partial charge on any atom is -0.391 e. The number of rotatable bonds is 1. The van der Waals surface area contributed by atoms with E-state index in [1.54, 1.807) is 23.2 Å². The molecule has 5 heteroatoms. The number of aromatic nitrogens is 1. The van der Waals surface area contributed by atoms with Gasteiger partial charge in [0.25, 0.3) is 5.91 Å². The molecule has 0 aliphatic carbocycles. The maximum Gasteiger partial charge on any atom is 0.254 e. The van der Waals surface area contributed by atoms with E-state index in [4.69, 9.17) is 0 Å². The summed E-state index contributed by atoms with van der Waals surface area (Å²) >= 11 is 3.24. The fraction of sp³-hybridized carbons (Fsp3) is 0.455. The van der Waals surface area contributed by atoms with Gasteiger partial charge in [0, 0.05) is 24.8 Å². The van der Waals surface area contributed by atoms with Crippen LogP contribution in [0.5, 0.6) is 0 Å². The largest absolute Gasteiger partial charge is 0.391 e. The Hall–Kier alpha value is -0.940. The lowest BCUT2D eigenvalue weighted by Crippen LogP contribution is -2.42. The number of β-amino-alcohol motifs (C(OH)–C–C–N with tert-alkyl or cyclic N) is 1. The molecule has 2 rings (SSSR count). The molecule has 1 aromatic rings. The first-order chi connectivity index (χ1) is 7.66. The number of halogens is 1. The summed E-state index contributed by atoms with van der Waals surface area (Å²) in [5.41, 5.74) is 0.607. The SMILES string of the molecule is O=C(c1ccnc(Br)c1)N1CCC[C@H](O)C1. The molecule has 0 unspecified atom stereocenters. The first kappa shape index (κ1) is 11.5. The van der Waals surface area contributed by atoms with E-state index in [-0.39, 0.29) is 12.0 Å². The molecule has 1 fully saturated rings. The molecule has 1 atom stereocenters. The Labute approximate surface area is 102 Å². The zero-order valence-corrected chi connectivity index (χ0v) is 10.4. The Kier molecular flexibility index (Phi) is 3.56. The molecule has 1 saturated heterocycles. The van der Waals surface area contributed by atoms with Gasteiger partial charge in [0.2, 0.25) is 0 Å². The minimum absolute atomic E-state index is 0.0400. The third kappa shape index (κ3) is 2.59. The highest BCUT2D eigenvalue weighted by atomic mass is 79.9. The number of hydrogen-bond acceptors (Lipinski definition) is 3. The van der Waals surface area contributed by atoms with Crippen LogP contribution in [0.25, 0.3) is 0 Å². The van der Waals surface area contributed by atoms with Crippen molar-refractivity contribution in [2.75, 3.05) is 13.1 Å². The summed E-state index contributed by atoms with van der Waals surface area (Å²) in [5.74, 6) is -0.0400. The molecule has 0 spiro atoms. The van der Waals surface area contributed by atoms with E-state index in [2.05, 4.69) is 20.9 Å². The zero-order chi connectivity index (χ0) is 11.5. The number of amides is 1. The van der Waals surface area contributed by atoms with Crippen molar-refractivity contribution < 1.29 is 9.90 Å². The summed E-state index contributed by atoms with van der Waals surface area (Å²) in [4.78, 5) is 17.7. The Morgan fingerprint density at radius 3 is 3.12 bits per heavy atom. The number of pyridine rings is 1. The van der Waals surface area contributed by atoms with Gasteiger partial charge in [0.05, 0.1) is 6.10 Å². The van der Waals surface area contributed by atoms with E-state index >= 15 is 0 Å². The maximum absolute atomic E-state index is 12.1. The van der Waals surface area contributed by atoms with Crippen LogP contribution in [0.2, 0.25) is 0 Å². The van der Waals surface area contributed by atoms with Crippen LogP contribution in [0.4, 0.5) is 0 Å². The number of aliphatic hydroxyl groups is 1. The molecular weight excluding hydrogens is 272 g/mol. The molecule has 1 aromatic heterocycles. The van der Waals surface area contributed by atoms with Crippen molar-refractivity contribution in [2.24, 2.45) is 0 Å². The summed E-state index contributed by atoms with van der Waals surface area (Å²) in [5, 5.41) is 9.51. The monoisotopic (exact) mass is 284 g/mol. The quantitative estimate of drug-likeness (QED) is 0.794. The Morgan fingerprint density at radius 1 is 1.62 bits per heavy atom. The van der Waals surface area contributed by atoms with Gasteiger partial charge in [-0.05, 0) is 40.9 Å². The van der Waals surface area contributed by atoms with Crippen molar-refractivity contribution in [1.29, 1.82) is 0 Å². The average Bonchev–Trinajstić information content (AvgIpc) is 2.28. The van der Waals surface area contributed by atoms with Gasteiger partial charge in [-0.1, -0.05) is 0 Å². The molecular formula is C11H13BrN2O2. The predicted octanol–water partition coefficient (Wildman–Crippen LogP) is 1.44. The fourth-order valence-electron chi connectivity index (χ4n) is 1.86. The van der Waals surface area contributed by atoms with Crippen LogP contribution in [0.1, 0.15) is 23.2 Å². The van der Waals surface area contributed by atoms with Crippen molar-refractivity contribution in [3.8, 4) is 0 Å². The molecule has 1 N–H and O–H groups in total. The number of hydrogen-bond donors (Lipinski definition) is 1. The van der Waals surface area contributed by atoms with Crippen molar-refractivity contribution >= 4 is 21.8 Å². The van der Waals surface area contributed by atoms with Crippen LogP contribution < -0.4 is 0 Å². The molecule has 0 radical (unpaired) electrons. The summed E-state index contributed by atoms with van der Waals surface area (Å²) in [6, 6.07) is 3.39. The highest BCUT2D eigenvalue weighted by Crippen LogP contribution is 2.15. The van der Waals surface area contributed by atoms with Gasteiger partial charge in [-0.3, -0.25) is 4.79 Å². The summed E-state index contributed by atoms with van der Waals surface area (Å²) in [6.45, 7) is 1.15. The Balaban J connectivity index is 2.12. The number of carbonyl (C=O) groups is 1. The molecule has 0 bridgehead atoms. The van der Waals surface area contributed by atoms with Crippen molar-refractivity contribution in [1.82, 2.24) is 9.88 Å². The topological polar surface area (TPSA) is 53.4 Å². The number of aliphatic hydroxyl groups excluding tert-OH is 1. The molecule has 0 saturated carbocycles. The second kappa shape index (κ2) is 4.93. The van der Waals surface area contributed by atoms with Crippen LogP contribution in [-0.4, -0.2) is 40.1 Å². The van der Waals surface area contributed by atoms with Crippen LogP contribution in [0.3, 0.4) is 0 Å². The predicted molar refractivity (Wildman–Crippen MR) is 63.1 cm³/mol. The molecule has 1 aliphatic rings. The molecule has 16 heavy (non-hydrogen) atoms. The van der Waals surface area contributed by atoms with Gasteiger partial charge in [-0.2, -0.15) is 0 Å². The summed E-state index contributed by atoms with van der Waals surface area (Å²) < 4.78 is 0.649. The molecule has 1 amide bonds. The number of piperidine rings is 1. The zero-order valence-electron chi connectivity index (χ0n) is 8.77. The third-order valence-electron chi connectivity index (χ3n) is 2.66. The normalized spacial score (nSPS) is 20.9. The first-order valence-corrected chi connectivity index (χ1v) is 6.05. The second-order valence-corrected chi connectivity index (χ2v) is 4.73. The summed E-state index contributed by atoms with van der Waals surface area (Å²) in [6.07, 6.45) is 2.85. The van der Waals surface area contributed by atoms with E-state index in [1.165, 1.54) is 0 Å². The van der Waals surface area contributed by atoms with Gasteiger partial charge in [-0.25, -0.2) is 4.98 Å². The number of carbonyl (C=O) groups excluding carboxylic acids is 1. The molecule has 2 heterocycles. The molecule has 86 valence electrons. The fourth-order valence-corrected chi connectivity index (χ4v) is 2.22. The van der Waals surface area contributed by atoms with Crippen molar-refractivity contribution in [3.63, 3.8) is 0 Å². The second-order valence-electron chi connectivity index (χ2n) is 3.91. The molecule has 0 aromatic carbocycles. The van der Waals surface area contributed by atoms with E-state index in [0.717, 1.165) is 19.4 Å². The van der Waals surface area contributed by atoms with E-state index < -0.39 is 0 Å². The van der Waals surface area contributed by atoms with Crippen LogP contribution in [-0.2, 0) is 0 Å². The summed E-state index contributed by atoms with van der Waals surface area (Å²) in [7, 11) is 0. The minimum atomic E-state index is -0.386. The van der Waals surface area contributed by atoms with Crippen molar-refractivity contribution in [2.45, 2.75) is 18.9 Å². The van der Waals surface area contributed by atoms with Crippen molar-refractivity contribution in [3.05, 3.63) is 28.5 Å². The van der Waals surface area contributed by atoms with Crippen LogP contribution >= 0.6 is 15.9 Å². The Bertz CT molecular complexity index is 397. The lowest BCUT2D eigenvalue weighted by molar-refractivity contribution is 0.0473. The lowest BCUT2D eigenvalue weighted by atomic mass is 10.1. The highest BCUT2D eigenvalue weighted by Gasteiger charge is 2.22. The van der Waals surface area contributed by atoms with Gasteiger partial charge < -0.3 is 10.0 Å². The van der Waals surface area contributed by atoms with Gasteiger partial charge in [0.15, 0.2) is 0 Å². The van der Waals surface area contributed by atoms with Gasteiger partial charge in [-0.15, -0.1) is 0 Å². The first-order valence-electron chi connectivity index (χ1n) is 5.26. The standard InChI is InChI=1S/C11H13BrN2O2/c12-10-6-8(3-4-13-10)11(16)14-5-1-2-9(15)7-14/h3-4,6,9,15H,1-2,5,7H2/t9-/m0/s1. The van der Waals surface area contributed by atoms with E-state index in [0.29, 0.717) is 16.7 Å². The van der Waals surface area contributed by atoms with Gasteiger partial charge in [0.1, 0.15) is 4.60 Å². The molecule has 4 nitrogen and oxygen atoms in total. The third-order valence-corrected chi connectivity index (χ3v) is 3.09. The van der Waals surface area contributed by atoms with Gasteiger partial charge >= 0.3 is 0 Å². The Morgan fingerprint density at radius 2 is 2.44 bits per heavy atom. The smallest absolute Gasteiger partial charge is 0.254 e. The number of nitrogens with zero attached hydrogens (tertiary/aromatic N) is 2. The number of likely N-dealkylation sites (tertiary alicyclic amines) is 1. The van der Waals surface area contributed by atoms with E-state index in [9.17, 15) is 9.90 Å². The van der Waals surface area contributed by atoms with E-state index in [1.807, 2.05) is 0 Å². The molecule has 1 aliphatic heterocycles. The lowest BCUT2D eigenvalue weighted by Gasteiger charge is -2.30. The highest BCUT2D eigenvalue weighted by molar-refractivity contribution is 9.10. The van der Waals surface area contributed by atoms with Crippen LogP contribution in [0, 0.1) is 0 Å². The maximum atomic E-state index is 12.1. The van der Waals surface area contributed by atoms with Crippen LogP contribution in [0.15, 0.2) is 22.9 Å². The average molecular weight is 285 g/mol.